The molecule has 1 aromatic rings. The zero-order valence-electron chi connectivity index (χ0n) is 7.37. The largest absolute Gasteiger partial charge is 0.395 e. The average Bonchev–Trinajstić information content (AvgIpc) is 2.47. The van der Waals surface area contributed by atoms with Crippen LogP contribution in [0.25, 0.3) is 0 Å². The first kappa shape index (κ1) is 9.64. The van der Waals surface area contributed by atoms with Crippen molar-refractivity contribution in [1.29, 1.82) is 0 Å². The van der Waals surface area contributed by atoms with E-state index in [2.05, 4.69) is 10.3 Å². The van der Waals surface area contributed by atoms with Gasteiger partial charge in [-0.05, 0) is 13.8 Å². The summed E-state index contributed by atoms with van der Waals surface area (Å²) in [6.45, 7) is 4.85. The summed E-state index contributed by atoms with van der Waals surface area (Å²) in [5.74, 6) is 0. The Morgan fingerprint density at radius 3 is 3.00 bits per heavy atom. The van der Waals surface area contributed by atoms with E-state index in [9.17, 15) is 0 Å². The number of thiazole rings is 1. The van der Waals surface area contributed by atoms with E-state index in [1.807, 2.05) is 19.2 Å². The second-order valence-electron chi connectivity index (χ2n) is 2.85. The van der Waals surface area contributed by atoms with Crippen molar-refractivity contribution in [2.75, 3.05) is 6.61 Å². The van der Waals surface area contributed by atoms with Crippen molar-refractivity contribution >= 4 is 11.3 Å². The number of aryl methyl sites for hydroxylation is 1. The van der Waals surface area contributed by atoms with Gasteiger partial charge in [0, 0.05) is 23.7 Å². The van der Waals surface area contributed by atoms with Crippen molar-refractivity contribution in [3.63, 3.8) is 0 Å². The highest BCUT2D eigenvalue weighted by Gasteiger charge is 2.01. The van der Waals surface area contributed by atoms with Gasteiger partial charge >= 0.3 is 0 Å². The third kappa shape index (κ3) is 2.89. The molecule has 2 N–H and O–H groups in total. The van der Waals surface area contributed by atoms with Crippen LogP contribution in [0.3, 0.4) is 0 Å². The number of aliphatic hydroxyl groups is 1. The van der Waals surface area contributed by atoms with E-state index >= 15 is 0 Å². The Kier molecular flexibility index (Phi) is 3.65. The molecule has 0 radical (unpaired) electrons. The monoisotopic (exact) mass is 186 g/mol. The molecule has 0 aliphatic carbocycles. The van der Waals surface area contributed by atoms with E-state index in [1.54, 1.807) is 11.3 Å². The highest BCUT2D eigenvalue weighted by atomic mass is 32.1. The summed E-state index contributed by atoms with van der Waals surface area (Å²) in [4.78, 5) is 4.29. The van der Waals surface area contributed by atoms with Gasteiger partial charge in [-0.15, -0.1) is 11.3 Å². The van der Waals surface area contributed by atoms with E-state index < -0.39 is 0 Å². The molecule has 0 amide bonds. The van der Waals surface area contributed by atoms with Crippen molar-refractivity contribution in [2.24, 2.45) is 0 Å². The first-order valence-electron chi connectivity index (χ1n) is 3.97. The molecule has 1 heterocycles. The van der Waals surface area contributed by atoms with Gasteiger partial charge in [0.2, 0.25) is 0 Å². The van der Waals surface area contributed by atoms with E-state index in [1.165, 1.54) is 0 Å². The highest BCUT2D eigenvalue weighted by Crippen LogP contribution is 2.07. The summed E-state index contributed by atoms with van der Waals surface area (Å²) < 4.78 is 0. The Hall–Kier alpha value is -0.450. The normalized spacial score (nSPS) is 13.2. The van der Waals surface area contributed by atoms with Crippen molar-refractivity contribution in [1.82, 2.24) is 10.3 Å². The SMILES string of the molecule is Cc1csc(CNC(C)CO)n1. The highest BCUT2D eigenvalue weighted by molar-refractivity contribution is 7.09. The minimum Gasteiger partial charge on any atom is -0.395 e. The van der Waals surface area contributed by atoms with Crippen LogP contribution < -0.4 is 5.32 Å². The lowest BCUT2D eigenvalue weighted by molar-refractivity contribution is 0.251. The maximum Gasteiger partial charge on any atom is 0.107 e. The number of aliphatic hydroxyl groups excluding tert-OH is 1. The molecule has 0 saturated heterocycles. The standard InChI is InChI=1S/C8H14N2OS/c1-6(4-11)9-3-8-10-7(2)5-12-8/h5-6,9,11H,3-4H2,1-2H3. The molecule has 1 atom stereocenters. The molecule has 68 valence electrons. The fourth-order valence-corrected chi connectivity index (χ4v) is 1.53. The van der Waals surface area contributed by atoms with Gasteiger partial charge in [-0.3, -0.25) is 0 Å². The molecule has 1 aromatic heterocycles. The molecule has 0 bridgehead atoms. The van der Waals surface area contributed by atoms with Gasteiger partial charge in [-0.25, -0.2) is 4.98 Å². The molecule has 0 aliphatic heterocycles. The first-order chi connectivity index (χ1) is 5.72. The number of rotatable bonds is 4. The summed E-state index contributed by atoms with van der Waals surface area (Å²) in [6.07, 6.45) is 0. The van der Waals surface area contributed by atoms with Crippen LogP contribution in [0, 0.1) is 6.92 Å². The molecule has 0 aromatic carbocycles. The summed E-state index contributed by atoms with van der Waals surface area (Å²) in [5.41, 5.74) is 1.06. The first-order valence-corrected chi connectivity index (χ1v) is 4.85. The van der Waals surface area contributed by atoms with E-state index in [-0.39, 0.29) is 12.6 Å². The third-order valence-electron chi connectivity index (χ3n) is 1.54. The van der Waals surface area contributed by atoms with Crippen LogP contribution in [0.1, 0.15) is 17.6 Å². The summed E-state index contributed by atoms with van der Waals surface area (Å²) >= 11 is 1.65. The molecule has 1 rings (SSSR count). The van der Waals surface area contributed by atoms with Crippen LogP contribution in [0.4, 0.5) is 0 Å². The smallest absolute Gasteiger partial charge is 0.107 e. The van der Waals surface area contributed by atoms with E-state index in [0.29, 0.717) is 0 Å². The number of nitrogens with zero attached hydrogens (tertiary/aromatic N) is 1. The van der Waals surface area contributed by atoms with Crippen molar-refractivity contribution < 1.29 is 5.11 Å². The third-order valence-corrected chi connectivity index (χ3v) is 2.51. The Bertz CT molecular complexity index is 237. The molecule has 0 aliphatic rings. The van der Waals surface area contributed by atoms with Crippen molar-refractivity contribution in [2.45, 2.75) is 26.4 Å². The molecule has 3 nitrogen and oxygen atoms in total. The Labute approximate surface area is 76.5 Å². The van der Waals surface area contributed by atoms with Crippen LogP contribution in [0.5, 0.6) is 0 Å². The van der Waals surface area contributed by atoms with Gasteiger partial charge in [0.15, 0.2) is 0 Å². The Morgan fingerprint density at radius 2 is 2.50 bits per heavy atom. The van der Waals surface area contributed by atoms with Gasteiger partial charge in [-0.1, -0.05) is 0 Å². The van der Waals surface area contributed by atoms with Gasteiger partial charge in [0.25, 0.3) is 0 Å². The molecule has 0 fully saturated rings. The van der Waals surface area contributed by atoms with Crippen LogP contribution in [-0.2, 0) is 6.54 Å². The predicted molar refractivity (Wildman–Crippen MR) is 50.2 cm³/mol. The molecule has 0 saturated carbocycles. The van der Waals surface area contributed by atoms with Crippen LogP contribution in [0.15, 0.2) is 5.38 Å². The Morgan fingerprint density at radius 1 is 1.75 bits per heavy atom. The fraction of sp³-hybridized carbons (Fsp3) is 0.625. The number of aromatic nitrogens is 1. The predicted octanol–water partition coefficient (Wildman–Crippen LogP) is 0.922. The van der Waals surface area contributed by atoms with Crippen LogP contribution >= 0.6 is 11.3 Å². The fourth-order valence-electron chi connectivity index (χ4n) is 0.810. The molecule has 1 unspecified atom stereocenters. The molecule has 4 heteroatoms. The molecular formula is C8H14N2OS. The lowest BCUT2D eigenvalue weighted by Gasteiger charge is -2.07. The molecular weight excluding hydrogens is 172 g/mol. The van der Waals surface area contributed by atoms with Gasteiger partial charge in [-0.2, -0.15) is 0 Å². The van der Waals surface area contributed by atoms with Gasteiger partial charge in [0.1, 0.15) is 5.01 Å². The minimum absolute atomic E-state index is 0.147. The van der Waals surface area contributed by atoms with Gasteiger partial charge in [0.05, 0.1) is 6.61 Å². The van der Waals surface area contributed by atoms with Gasteiger partial charge < -0.3 is 10.4 Å². The lowest BCUT2D eigenvalue weighted by Crippen LogP contribution is -2.28. The zero-order chi connectivity index (χ0) is 8.97. The topological polar surface area (TPSA) is 45.1 Å². The second-order valence-corrected chi connectivity index (χ2v) is 3.79. The maximum absolute atomic E-state index is 8.74. The summed E-state index contributed by atoms with van der Waals surface area (Å²) in [5, 5.41) is 15.0. The number of hydrogen-bond acceptors (Lipinski definition) is 4. The lowest BCUT2D eigenvalue weighted by atomic mass is 10.4. The number of nitrogens with one attached hydrogen (secondary N) is 1. The number of hydrogen-bond donors (Lipinski definition) is 2. The van der Waals surface area contributed by atoms with E-state index in [4.69, 9.17) is 5.11 Å². The average molecular weight is 186 g/mol. The quantitative estimate of drug-likeness (QED) is 0.735. The maximum atomic E-state index is 8.74. The van der Waals surface area contributed by atoms with Crippen LogP contribution in [0.2, 0.25) is 0 Å². The summed E-state index contributed by atoms with van der Waals surface area (Å²) in [6, 6.07) is 0.147. The molecule has 0 spiro atoms. The van der Waals surface area contributed by atoms with Crippen LogP contribution in [-0.4, -0.2) is 22.7 Å². The minimum atomic E-state index is 0.147. The van der Waals surface area contributed by atoms with E-state index in [0.717, 1.165) is 17.2 Å². The van der Waals surface area contributed by atoms with Crippen molar-refractivity contribution in [3.8, 4) is 0 Å². The summed E-state index contributed by atoms with van der Waals surface area (Å²) in [7, 11) is 0. The Balaban J connectivity index is 2.33. The second kappa shape index (κ2) is 4.54. The molecule has 12 heavy (non-hydrogen) atoms. The zero-order valence-corrected chi connectivity index (χ0v) is 8.19. The van der Waals surface area contributed by atoms with Crippen molar-refractivity contribution in [3.05, 3.63) is 16.1 Å².